The fourth-order valence-electron chi connectivity index (χ4n) is 5.27. The lowest BCUT2D eigenvalue weighted by Crippen LogP contribution is -2.41. The van der Waals surface area contributed by atoms with E-state index >= 15 is 0 Å². The van der Waals surface area contributed by atoms with Gasteiger partial charge < -0.3 is 15.1 Å². The van der Waals surface area contributed by atoms with Gasteiger partial charge in [0.05, 0.1) is 29.9 Å². The molecule has 1 aromatic carbocycles. The van der Waals surface area contributed by atoms with E-state index in [0.717, 1.165) is 50.0 Å². The summed E-state index contributed by atoms with van der Waals surface area (Å²) in [5.41, 5.74) is 3.03. The minimum Gasteiger partial charge on any atom is -0.345 e. The predicted molar refractivity (Wildman–Crippen MR) is 118 cm³/mol. The van der Waals surface area contributed by atoms with Crippen LogP contribution in [0.2, 0.25) is 0 Å². The predicted octanol–water partition coefficient (Wildman–Crippen LogP) is 2.62. The molecule has 3 aliphatic heterocycles. The molecule has 1 aromatic heterocycles. The number of benzene rings is 1. The summed E-state index contributed by atoms with van der Waals surface area (Å²) in [7, 11) is 0. The Morgan fingerprint density at radius 3 is 2.66 bits per heavy atom. The smallest absolute Gasteiger partial charge is 0.257 e. The molecule has 32 heavy (non-hydrogen) atoms. The molecule has 2 N–H and O–H groups in total. The number of nitrogens with one attached hydrogen (secondary N) is 2. The second-order valence-corrected chi connectivity index (χ2v) is 9.05. The van der Waals surface area contributed by atoms with E-state index in [0.29, 0.717) is 24.2 Å². The highest BCUT2D eigenvalue weighted by molar-refractivity contribution is 5.99. The van der Waals surface area contributed by atoms with Crippen molar-refractivity contribution in [2.24, 2.45) is 0 Å². The normalized spacial score (nSPS) is 23.1. The molecule has 2 saturated heterocycles. The number of likely N-dealkylation sites (tertiary alicyclic amines) is 2. The number of aromatic nitrogens is 2. The van der Waals surface area contributed by atoms with E-state index in [1.807, 2.05) is 28.0 Å². The van der Waals surface area contributed by atoms with Crippen molar-refractivity contribution in [3.05, 3.63) is 52.8 Å². The van der Waals surface area contributed by atoms with Gasteiger partial charge in [-0.05, 0) is 43.7 Å². The van der Waals surface area contributed by atoms with E-state index < -0.39 is 0 Å². The van der Waals surface area contributed by atoms with E-state index in [1.54, 1.807) is 12.3 Å². The highest BCUT2D eigenvalue weighted by atomic mass is 16.2. The Hall–Kier alpha value is -3.16. The molecule has 0 radical (unpaired) electrons. The standard InChI is InChI=1S/C24H29N5O3/c30-21(13-20-17-8-2-3-9-18(17)23(31)26-20)29-12-6-7-16(15-29)22-19(14-25-27-22)24(32)28-10-4-1-5-11-28/h2-3,8-9,14,16,20H,1,4-7,10-13,15H2,(H,25,27)(H,26,31)/t16-,20+/m1/s1. The van der Waals surface area contributed by atoms with Gasteiger partial charge in [0.1, 0.15) is 0 Å². The van der Waals surface area contributed by atoms with Crippen LogP contribution >= 0.6 is 0 Å². The summed E-state index contributed by atoms with van der Waals surface area (Å²) in [6, 6.07) is 7.16. The van der Waals surface area contributed by atoms with Gasteiger partial charge in [-0.25, -0.2) is 0 Å². The molecule has 0 spiro atoms. The van der Waals surface area contributed by atoms with Gasteiger partial charge in [0.2, 0.25) is 5.91 Å². The first-order valence-electron chi connectivity index (χ1n) is 11.6. The van der Waals surface area contributed by atoms with E-state index in [2.05, 4.69) is 15.5 Å². The van der Waals surface area contributed by atoms with Crippen LogP contribution in [0.15, 0.2) is 30.5 Å². The number of hydrogen-bond acceptors (Lipinski definition) is 4. The molecule has 5 rings (SSSR count). The average molecular weight is 436 g/mol. The number of rotatable bonds is 4. The first-order valence-corrected chi connectivity index (χ1v) is 11.6. The summed E-state index contributed by atoms with van der Waals surface area (Å²) < 4.78 is 0. The maximum atomic E-state index is 13.1. The molecule has 2 atom stereocenters. The lowest BCUT2D eigenvalue weighted by atomic mass is 9.91. The van der Waals surface area contributed by atoms with Crippen LogP contribution in [0.4, 0.5) is 0 Å². The van der Waals surface area contributed by atoms with Crippen molar-refractivity contribution < 1.29 is 14.4 Å². The summed E-state index contributed by atoms with van der Waals surface area (Å²) in [4.78, 5) is 42.2. The maximum absolute atomic E-state index is 13.1. The zero-order chi connectivity index (χ0) is 22.1. The van der Waals surface area contributed by atoms with Crippen molar-refractivity contribution in [3.8, 4) is 0 Å². The number of amides is 3. The van der Waals surface area contributed by atoms with Crippen molar-refractivity contribution in [1.82, 2.24) is 25.3 Å². The van der Waals surface area contributed by atoms with Gasteiger partial charge in [-0.15, -0.1) is 0 Å². The third-order valence-electron chi connectivity index (χ3n) is 6.99. The molecule has 168 valence electrons. The van der Waals surface area contributed by atoms with Gasteiger partial charge in [-0.2, -0.15) is 5.10 Å². The fraction of sp³-hybridized carbons (Fsp3) is 0.500. The zero-order valence-corrected chi connectivity index (χ0v) is 18.2. The van der Waals surface area contributed by atoms with Crippen molar-refractivity contribution in [2.75, 3.05) is 26.2 Å². The molecule has 8 nitrogen and oxygen atoms in total. The molecule has 4 heterocycles. The molecule has 3 amide bonds. The van der Waals surface area contributed by atoms with Gasteiger partial charge >= 0.3 is 0 Å². The molecule has 8 heteroatoms. The van der Waals surface area contributed by atoms with Crippen LogP contribution in [0.25, 0.3) is 0 Å². The Kier molecular flexibility index (Phi) is 5.68. The lowest BCUT2D eigenvalue weighted by Gasteiger charge is -2.34. The quantitative estimate of drug-likeness (QED) is 0.771. The number of fused-ring (bicyclic) bond motifs is 1. The van der Waals surface area contributed by atoms with Gasteiger partial charge in [-0.3, -0.25) is 19.5 Å². The van der Waals surface area contributed by atoms with Crippen molar-refractivity contribution in [2.45, 2.75) is 50.5 Å². The largest absolute Gasteiger partial charge is 0.345 e. The number of H-pyrrole nitrogens is 1. The van der Waals surface area contributed by atoms with Crippen molar-refractivity contribution >= 4 is 17.7 Å². The summed E-state index contributed by atoms with van der Waals surface area (Å²) >= 11 is 0. The van der Waals surface area contributed by atoms with E-state index in [1.165, 1.54) is 6.42 Å². The van der Waals surface area contributed by atoms with E-state index in [4.69, 9.17) is 0 Å². The first-order chi connectivity index (χ1) is 15.6. The zero-order valence-electron chi connectivity index (χ0n) is 18.2. The van der Waals surface area contributed by atoms with Crippen molar-refractivity contribution in [3.63, 3.8) is 0 Å². The summed E-state index contributed by atoms with van der Waals surface area (Å²) in [5.74, 6) is 0.0138. The van der Waals surface area contributed by atoms with Crippen LogP contribution in [-0.2, 0) is 4.79 Å². The number of piperidine rings is 2. The SMILES string of the molecule is O=C1N[C@@H](CC(=O)N2CCC[C@@H](c3[nH]ncc3C(=O)N3CCCCC3)C2)c2ccccc21. The molecule has 2 fully saturated rings. The second kappa shape index (κ2) is 8.76. The van der Waals surface area contributed by atoms with Crippen LogP contribution in [0.3, 0.4) is 0 Å². The minimum absolute atomic E-state index is 0.0279. The molecule has 0 unspecified atom stereocenters. The number of aromatic amines is 1. The van der Waals surface area contributed by atoms with Crippen LogP contribution in [0.1, 0.15) is 82.5 Å². The summed E-state index contributed by atoms with van der Waals surface area (Å²) in [5, 5.41) is 10.2. The van der Waals surface area contributed by atoms with Gasteiger partial charge in [0.15, 0.2) is 0 Å². The number of carbonyl (C=O) groups excluding carboxylic acids is 3. The number of hydrogen-bond donors (Lipinski definition) is 2. The molecule has 0 bridgehead atoms. The summed E-state index contributed by atoms with van der Waals surface area (Å²) in [6.07, 6.45) is 6.94. The highest BCUT2D eigenvalue weighted by Crippen LogP contribution is 2.32. The Morgan fingerprint density at radius 1 is 1.03 bits per heavy atom. The second-order valence-electron chi connectivity index (χ2n) is 9.05. The third kappa shape index (κ3) is 3.89. The minimum atomic E-state index is -0.282. The van der Waals surface area contributed by atoms with Crippen LogP contribution < -0.4 is 5.32 Å². The van der Waals surface area contributed by atoms with Crippen LogP contribution in [0.5, 0.6) is 0 Å². The first kappa shape index (κ1) is 20.7. The molecule has 0 aliphatic carbocycles. The Bertz CT molecular complexity index is 1030. The van der Waals surface area contributed by atoms with Crippen LogP contribution in [-0.4, -0.2) is 63.9 Å². The third-order valence-corrected chi connectivity index (χ3v) is 6.99. The van der Waals surface area contributed by atoms with E-state index in [-0.39, 0.29) is 36.1 Å². The molecular weight excluding hydrogens is 406 g/mol. The summed E-state index contributed by atoms with van der Waals surface area (Å²) in [6.45, 7) is 2.85. The Morgan fingerprint density at radius 2 is 1.81 bits per heavy atom. The highest BCUT2D eigenvalue weighted by Gasteiger charge is 2.34. The van der Waals surface area contributed by atoms with Gasteiger partial charge in [0.25, 0.3) is 11.8 Å². The topological polar surface area (TPSA) is 98.4 Å². The van der Waals surface area contributed by atoms with E-state index in [9.17, 15) is 14.4 Å². The molecule has 0 saturated carbocycles. The van der Waals surface area contributed by atoms with Crippen LogP contribution in [0, 0.1) is 0 Å². The average Bonchev–Trinajstić information content (AvgIpc) is 3.45. The lowest BCUT2D eigenvalue weighted by molar-refractivity contribution is -0.132. The monoisotopic (exact) mass is 435 g/mol. The Labute approximate surface area is 187 Å². The molecule has 2 aromatic rings. The van der Waals surface area contributed by atoms with Gasteiger partial charge in [-0.1, -0.05) is 18.2 Å². The molecule has 3 aliphatic rings. The van der Waals surface area contributed by atoms with Gasteiger partial charge in [0, 0.05) is 37.7 Å². The number of nitrogens with zero attached hydrogens (tertiary/aromatic N) is 3. The van der Waals surface area contributed by atoms with Crippen molar-refractivity contribution in [1.29, 1.82) is 0 Å². The fourth-order valence-corrected chi connectivity index (χ4v) is 5.27. The Balaban J connectivity index is 1.27. The maximum Gasteiger partial charge on any atom is 0.257 e. The number of carbonyl (C=O) groups is 3. The molecular formula is C24H29N5O3.